The second-order valence-corrected chi connectivity index (χ2v) is 7.92. The predicted molar refractivity (Wildman–Crippen MR) is 92.9 cm³/mol. The Kier molecular flexibility index (Phi) is 3.00. The van der Waals surface area contributed by atoms with Crippen molar-refractivity contribution in [1.29, 1.82) is 0 Å². The molecule has 0 saturated heterocycles. The molecule has 7 nitrogen and oxygen atoms in total. The van der Waals surface area contributed by atoms with Gasteiger partial charge in [-0.15, -0.1) is 0 Å². The molecule has 0 radical (unpaired) electrons. The van der Waals surface area contributed by atoms with Crippen LogP contribution in [-0.4, -0.2) is 38.7 Å². The highest BCUT2D eigenvalue weighted by atomic mass is 16.7. The van der Waals surface area contributed by atoms with Crippen molar-refractivity contribution in [2.24, 2.45) is 0 Å². The van der Waals surface area contributed by atoms with Crippen LogP contribution in [-0.2, 0) is 17.8 Å². The summed E-state index contributed by atoms with van der Waals surface area (Å²) < 4.78 is 17.5. The minimum Gasteiger partial charge on any atom is -0.508 e. The van der Waals surface area contributed by atoms with Gasteiger partial charge in [-0.3, -0.25) is 0 Å². The molecule has 0 spiro atoms. The van der Waals surface area contributed by atoms with Crippen LogP contribution in [0.25, 0.3) is 0 Å². The second-order valence-electron chi connectivity index (χ2n) is 7.92. The van der Waals surface area contributed by atoms with Crippen LogP contribution in [0, 0.1) is 0 Å². The van der Waals surface area contributed by atoms with Crippen LogP contribution in [0.2, 0.25) is 0 Å². The summed E-state index contributed by atoms with van der Waals surface area (Å²) in [5.41, 5.74) is -1.40. The summed E-state index contributed by atoms with van der Waals surface area (Å²) in [6, 6.07) is 7.57. The maximum atomic E-state index is 11.4. The molecule has 0 aliphatic carbocycles. The largest absolute Gasteiger partial charge is 0.508 e. The molecule has 27 heavy (non-hydrogen) atoms. The van der Waals surface area contributed by atoms with Crippen LogP contribution in [0.5, 0.6) is 23.0 Å². The maximum absolute atomic E-state index is 11.4. The van der Waals surface area contributed by atoms with E-state index in [0.717, 1.165) is 0 Å². The summed E-state index contributed by atoms with van der Waals surface area (Å²) in [6.07, 6.45) is -0.506. The van der Waals surface area contributed by atoms with Gasteiger partial charge in [-0.25, -0.2) is 0 Å². The first-order valence-electron chi connectivity index (χ1n) is 8.79. The van der Waals surface area contributed by atoms with Crippen molar-refractivity contribution in [2.75, 3.05) is 6.61 Å². The van der Waals surface area contributed by atoms with Gasteiger partial charge in [0.1, 0.15) is 35.2 Å². The number of phenols is 1. The molecule has 0 fully saturated rings. The van der Waals surface area contributed by atoms with E-state index in [1.165, 1.54) is 18.2 Å². The van der Waals surface area contributed by atoms with Crippen molar-refractivity contribution in [1.82, 2.24) is 0 Å². The molecule has 0 bridgehead atoms. The average Bonchev–Trinajstić information content (AvgIpc) is 2.84. The fourth-order valence-electron chi connectivity index (χ4n) is 4.09. The Balaban J connectivity index is 1.69. The van der Waals surface area contributed by atoms with Crippen LogP contribution < -0.4 is 14.2 Å². The second kappa shape index (κ2) is 4.86. The number of benzene rings is 2. The van der Waals surface area contributed by atoms with E-state index >= 15 is 0 Å². The Morgan fingerprint density at radius 3 is 2.52 bits per heavy atom. The molecule has 3 aliphatic heterocycles. The summed E-state index contributed by atoms with van der Waals surface area (Å²) in [4.78, 5) is 0. The zero-order valence-corrected chi connectivity index (χ0v) is 14.9. The number of hydrogen-bond acceptors (Lipinski definition) is 7. The molecule has 0 unspecified atom stereocenters. The summed E-state index contributed by atoms with van der Waals surface area (Å²) >= 11 is 0. The highest BCUT2D eigenvalue weighted by Crippen LogP contribution is 2.59. The van der Waals surface area contributed by atoms with E-state index < -0.39 is 23.1 Å². The standard InChI is InChI=1S/C20H20O7/c1-18(2)16(22)8-11-14(26-18)6-5-13-17(11)27-20(24)12-4-3-10(21)7-15(12)25-9-19(13,20)23/h3-7,16,21-24H,8-9H2,1-2H3/t16-,19-,20+/m1/s1. The third-order valence-electron chi connectivity index (χ3n) is 5.81. The number of ether oxygens (including phenoxy) is 3. The van der Waals surface area contributed by atoms with Crippen molar-refractivity contribution in [3.8, 4) is 23.0 Å². The quantitative estimate of drug-likeness (QED) is 0.552. The number of aromatic hydroxyl groups is 1. The Bertz CT molecular complexity index is 969. The lowest BCUT2D eigenvalue weighted by molar-refractivity contribution is -0.272. The third kappa shape index (κ3) is 1.96. The van der Waals surface area contributed by atoms with Gasteiger partial charge in [-0.05, 0) is 38.1 Å². The number of fused-ring (bicyclic) bond motifs is 7. The monoisotopic (exact) mass is 372 g/mol. The molecule has 3 atom stereocenters. The van der Waals surface area contributed by atoms with Gasteiger partial charge in [0, 0.05) is 23.6 Å². The van der Waals surface area contributed by atoms with Crippen molar-refractivity contribution < 1.29 is 34.6 Å². The molecule has 0 aromatic heterocycles. The van der Waals surface area contributed by atoms with Gasteiger partial charge < -0.3 is 34.6 Å². The van der Waals surface area contributed by atoms with Gasteiger partial charge in [0.15, 0.2) is 5.60 Å². The summed E-state index contributed by atoms with van der Waals surface area (Å²) in [6.45, 7) is 3.35. The van der Waals surface area contributed by atoms with E-state index in [2.05, 4.69) is 0 Å². The number of aliphatic hydroxyl groups is 3. The highest BCUT2D eigenvalue weighted by Gasteiger charge is 2.65. The molecule has 142 valence electrons. The van der Waals surface area contributed by atoms with Crippen molar-refractivity contribution in [3.05, 3.63) is 47.0 Å². The van der Waals surface area contributed by atoms with Gasteiger partial charge in [0.2, 0.25) is 0 Å². The maximum Gasteiger partial charge on any atom is 0.275 e. The molecule has 3 aliphatic rings. The van der Waals surface area contributed by atoms with Gasteiger partial charge in [-0.2, -0.15) is 0 Å². The predicted octanol–water partition coefficient (Wildman–Crippen LogP) is 1.28. The van der Waals surface area contributed by atoms with E-state index in [-0.39, 0.29) is 35.8 Å². The third-order valence-corrected chi connectivity index (χ3v) is 5.81. The van der Waals surface area contributed by atoms with Crippen LogP contribution in [0.1, 0.15) is 30.5 Å². The molecule has 5 rings (SSSR count). The Morgan fingerprint density at radius 1 is 1.00 bits per heavy atom. The van der Waals surface area contributed by atoms with Crippen LogP contribution >= 0.6 is 0 Å². The first-order chi connectivity index (χ1) is 12.7. The van der Waals surface area contributed by atoms with Crippen LogP contribution in [0.3, 0.4) is 0 Å². The van der Waals surface area contributed by atoms with E-state index in [1.807, 2.05) is 0 Å². The van der Waals surface area contributed by atoms with Gasteiger partial charge in [0.25, 0.3) is 5.79 Å². The normalized spacial score (nSPS) is 32.1. The molecular formula is C20H20O7. The van der Waals surface area contributed by atoms with E-state index in [0.29, 0.717) is 16.9 Å². The summed E-state index contributed by atoms with van der Waals surface area (Å²) in [5.74, 6) is -1.03. The van der Waals surface area contributed by atoms with Gasteiger partial charge in [0.05, 0.1) is 11.7 Å². The lowest BCUT2D eigenvalue weighted by atomic mass is 9.80. The SMILES string of the molecule is CC1(C)Oc2ccc3c(c2C[C@H]1O)O[C@@]1(O)c2ccc(O)cc2OC[C@@]31O. The molecular weight excluding hydrogens is 352 g/mol. The van der Waals surface area contributed by atoms with Crippen molar-refractivity contribution >= 4 is 0 Å². The zero-order valence-electron chi connectivity index (χ0n) is 14.9. The Hall–Kier alpha value is -2.48. The average molecular weight is 372 g/mol. The first-order valence-corrected chi connectivity index (χ1v) is 8.79. The number of aliphatic hydroxyl groups excluding tert-OH is 1. The summed E-state index contributed by atoms with van der Waals surface area (Å²) in [7, 11) is 0. The minimum absolute atomic E-state index is 0.0190. The van der Waals surface area contributed by atoms with E-state index in [9.17, 15) is 20.4 Å². The zero-order chi connectivity index (χ0) is 19.2. The Labute approximate surface area is 155 Å². The smallest absolute Gasteiger partial charge is 0.275 e. The molecule has 7 heteroatoms. The van der Waals surface area contributed by atoms with E-state index in [4.69, 9.17) is 14.2 Å². The fraction of sp³-hybridized carbons (Fsp3) is 0.400. The highest BCUT2D eigenvalue weighted by molar-refractivity contribution is 5.60. The van der Waals surface area contributed by atoms with Crippen molar-refractivity contribution in [3.63, 3.8) is 0 Å². The number of phenolic OH excluding ortho intramolecular Hbond substituents is 1. The molecule has 2 aromatic rings. The number of hydrogen-bond donors (Lipinski definition) is 4. The topological polar surface area (TPSA) is 109 Å². The Morgan fingerprint density at radius 2 is 1.74 bits per heavy atom. The number of rotatable bonds is 0. The van der Waals surface area contributed by atoms with Crippen LogP contribution in [0.4, 0.5) is 0 Å². The fourth-order valence-corrected chi connectivity index (χ4v) is 4.09. The molecule has 3 heterocycles. The molecule has 0 saturated carbocycles. The molecule has 4 N–H and O–H groups in total. The summed E-state index contributed by atoms with van der Waals surface area (Å²) in [5, 5.41) is 42.8. The van der Waals surface area contributed by atoms with Gasteiger partial charge in [-0.1, -0.05) is 0 Å². The van der Waals surface area contributed by atoms with Crippen LogP contribution in [0.15, 0.2) is 30.3 Å². The lowest BCUT2D eigenvalue weighted by Crippen LogP contribution is -2.55. The lowest BCUT2D eigenvalue weighted by Gasteiger charge is -2.40. The minimum atomic E-state index is -2.08. The van der Waals surface area contributed by atoms with E-state index in [1.54, 1.807) is 26.0 Å². The van der Waals surface area contributed by atoms with Gasteiger partial charge >= 0.3 is 0 Å². The van der Waals surface area contributed by atoms with Crippen molar-refractivity contribution in [2.45, 2.75) is 43.4 Å². The molecule has 2 aromatic carbocycles. The molecule has 0 amide bonds. The first kappa shape index (κ1) is 16.7.